The number of benzene rings is 1. The Morgan fingerprint density at radius 2 is 2.27 bits per heavy atom. The molecule has 1 saturated heterocycles. The number of para-hydroxylation sites is 1. The minimum absolute atomic E-state index is 0.264. The van der Waals surface area contributed by atoms with Crippen molar-refractivity contribution >= 4 is 5.69 Å². The van der Waals surface area contributed by atoms with Crippen LogP contribution in [0.2, 0.25) is 0 Å². The number of anilines is 1. The molecule has 0 radical (unpaired) electrons. The fraction of sp³-hybridized carbons (Fsp3) is 0.500. The summed E-state index contributed by atoms with van der Waals surface area (Å²) in [5.41, 5.74) is 8.27. The number of nitrogens with zero attached hydrogens (tertiary/aromatic N) is 1. The Balaban J connectivity index is 2.07. The van der Waals surface area contributed by atoms with Gasteiger partial charge in [-0.2, -0.15) is 0 Å². The van der Waals surface area contributed by atoms with Crippen molar-refractivity contribution in [2.45, 2.75) is 31.3 Å². The maximum absolute atomic E-state index is 9.91. The lowest BCUT2D eigenvalue weighted by Crippen LogP contribution is -2.34. The summed E-state index contributed by atoms with van der Waals surface area (Å²) in [4.78, 5) is 2.29. The molecule has 2 heterocycles. The van der Waals surface area contributed by atoms with Crippen LogP contribution in [-0.2, 0) is 6.42 Å². The van der Waals surface area contributed by atoms with Crippen molar-refractivity contribution in [2.24, 2.45) is 5.73 Å². The second-order valence-corrected chi connectivity index (χ2v) is 4.63. The molecule has 0 saturated carbocycles. The Hall–Kier alpha value is -1.22. The zero-order chi connectivity index (χ0) is 10.4. The summed E-state index contributed by atoms with van der Waals surface area (Å²) in [7, 11) is 0. The van der Waals surface area contributed by atoms with E-state index in [1.807, 2.05) is 6.07 Å². The third kappa shape index (κ3) is 1.30. The minimum Gasteiger partial charge on any atom is -0.506 e. The first kappa shape index (κ1) is 9.04. The standard InChI is InChI=1S/C12H16N2O/c13-9-6-10-5-4-8-2-1-3-11(15)12(8)14(10)7-9/h1-3,9-10,15H,4-7,13H2. The molecule has 2 unspecified atom stereocenters. The molecule has 15 heavy (non-hydrogen) atoms. The summed E-state index contributed by atoms with van der Waals surface area (Å²) in [6.07, 6.45) is 3.30. The van der Waals surface area contributed by atoms with Crippen molar-refractivity contribution in [3.63, 3.8) is 0 Å². The van der Waals surface area contributed by atoms with E-state index in [0.29, 0.717) is 11.8 Å². The predicted molar refractivity (Wildman–Crippen MR) is 60.2 cm³/mol. The number of nitrogens with two attached hydrogens (primary N) is 1. The molecule has 0 aromatic heterocycles. The SMILES string of the molecule is NC1CC2CCc3cccc(O)c3N2C1. The van der Waals surface area contributed by atoms with Gasteiger partial charge in [-0.05, 0) is 30.9 Å². The second-order valence-electron chi connectivity index (χ2n) is 4.63. The van der Waals surface area contributed by atoms with Gasteiger partial charge >= 0.3 is 0 Å². The molecule has 1 aromatic carbocycles. The zero-order valence-corrected chi connectivity index (χ0v) is 8.69. The molecule has 1 fully saturated rings. The van der Waals surface area contributed by atoms with E-state index in [9.17, 15) is 5.11 Å². The molecule has 0 aliphatic carbocycles. The van der Waals surface area contributed by atoms with Gasteiger partial charge in [0.2, 0.25) is 0 Å². The quantitative estimate of drug-likeness (QED) is 0.668. The molecule has 3 heteroatoms. The highest BCUT2D eigenvalue weighted by atomic mass is 16.3. The van der Waals surface area contributed by atoms with E-state index in [4.69, 9.17) is 5.73 Å². The van der Waals surface area contributed by atoms with Gasteiger partial charge in [-0.3, -0.25) is 0 Å². The largest absolute Gasteiger partial charge is 0.506 e. The molecule has 0 spiro atoms. The molecule has 1 aromatic rings. The normalized spacial score (nSPS) is 28.7. The van der Waals surface area contributed by atoms with E-state index in [1.54, 1.807) is 6.07 Å². The monoisotopic (exact) mass is 204 g/mol. The fourth-order valence-corrected chi connectivity index (χ4v) is 2.93. The molecule has 3 rings (SSSR count). The second kappa shape index (κ2) is 3.14. The third-order valence-electron chi connectivity index (χ3n) is 3.58. The van der Waals surface area contributed by atoms with Crippen molar-refractivity contribution in [3.8, 4) is 5.75 Å². The van der Waals surface area contributed by atoms with Crippen LogP contribution < -0.4 is 10.6 Å². The van der Waals surface area contributed by atoms with Gasteiger partial charge in [0, 0.05) is 18.6 Å². The van der Waals surface area contributed by atoms with E-state index < -0.39 is 0 Å². The van der Waals surface area contributed by atoms with E-state index in [0.717, 1.165) is 25.1 Å². The molecule has 0 bridgehead atoms. The topological polar surface area (TPSA) is 49.5 Å². The van der Waals surface area contributed by atoms with Crippen molar-refractivity contribution in [3.05, 3.63) is 23.8 Å². The Morgan fingerprint density at radius 3 is 3.13 bits per heavy atom. The first-order chi connectivity index (χ1) is 7.25. The summed E-state index contributed by atoms with van der Waals surface area (Å²) in [5, 5.41) is 9.91. The van der Waals surface area contributed by atoms with Crippen LogP contribution in [0.4, 0.5) is 5.69 Å². The van der Waals surface area contributed by atoms with Gasteiger partial charge in [0.25, 0.3) is 0 Å². The summed E-state index contributed by atoms with van der Waals surface area (Å²) >= 11 is 0. The maximum atomic E-state index is 9.91. The highest BCUT2D eigenvalue weighted by molar-refractivity contribution is 5.66. The lowest BCUT2D eigenvalue weighted by atomic mass is 9.96. The summed E-state index contributed by atoms with van der Waals surface area (Å²) in [6.45, 7) is 0.884. The molecule has 2 atom stereocenters. The summed E-state index contributed by atoms with van der Waals surface area (Å²) in [5.74, 6) is 0.409. The average molecular weight is 204 g/mol. The maximum Gasteiger partial charge on any atom is 0.139 e. The molecular formula is C12H16N2O. The Kier molecular flexibility index (Phi) is 1.89. The van der Waals surface area contributed by atoms with Crippen LogP contribution in [0.15, 0.2) is 18.2 Å². The van der Waals surface area contributed by atoms with Gasteiger partial charge in [0.05, 0.1) is 5.69 Å². The van der Waals surface area contributed by atoms with Crippen LogP contribution in [-0.4, -0.2) is 23.7 Å². The van der Waals surface area contributed by atoms with Gasteiger partial charge in [-0.25, -0.2) is 0 Å². The van der Waals surface area contributed by atoms with Gasteiger partial charge in [-0.15, -0.1) is 0 Å². The first-order valence-corrected chi connectivity index (χ1v) is 5.59. The number of hydrogen-bond donors (Lipinski definition) is 2. The Labute approximate surface area is 89.5 Å². The van der Waals surface area contributed by atoms with Gasteiger partial charge in [-0.1, -0.05) is 12.1 Å². The number of rotatable bonds is 0. The predicted octanol–water partition coefficient (Wildman–Crippen LogP) is 1.24. The van der Waals surface area contributed by atoms with E-state index in [1.165, 1.54) is 12.0 Å². The van der Waals surface area contributed by atoms with Crippen LogP contribution in [0.3, 0.4) is 0 Å². The number of fused-ring (bicyclic) bond motifs is 3. The van der Waals surface area contributed by atoms with Crippen LogP contribution in [0.25, 0.3) is 0 Å². The molecule has 2 aliphatic rings. The Bertz CT molecular complexity index is 391. The van der Waals surface area contributed by atoms with Gasteiger partial charge in [0.15, 0.2) is 0 Å². The van der Waals surface area contributed by atoms with Crippen LogP contribution in [0.1, 0.15) is 18.4 Å². The molecule has 3 N–H and O–H groups in total. The minimum atomic E-state index is 0.264. The fourth-order valence-electron chi connectivity index (χ4n) is 2.93. The number of aromatic hydroxyl groups is 1. The number of aryl methyl sites for hydroxylation is 1. The average Bonchev–Trinajstić information content (AvgIpc) is 2.58. The van der Waals surface area contributed by atoms with Crippen LogP contribution in [0, 0.1) is 0 Å². The third-order valence-corrected chi connectivity index (χ3v) is 3.58. The molecule has 3 nitrogen and oxygen atoms in total. The highest BCUT2D eigenvalue weighted by Gasteiger charge is 2.35. The van der Waals surface area contributed by atoms with Crippen molar-refractivity contribution in [1.82, 2.24) is 0 Å². The first-order valence-electron chi connectivity index (χ1n) is 5.59. The van der Waals surface area contributed by atoms with Crippen LogP contribution >= 0.6 is 0 Å². The van der Waals surface area contributed by atoms with Crippen molar-refractivity contribution in [1.29, 1.82) is 0 Å². The summed E-state index contributed by atoms with van der Waals surface area (Å²) < 4.78 is 0. The van der Waals surface area contributed by atoms with Crippen molar-refractivity contribution in [2.75, 3.05) is 11.4 Å². The number of phenols is 1. The van der Waals surface area contributed by atoms with E-state index in [-0.39, 0.29) is 6.04 Å². The lowest BCUT2D eigenvalue weighted by Gasteiger charge is -2.33. The number of hydrogen-bond acceptors (Lipinski definition) is 3. The highest BCUT2D eigenvalue weighted by Crippen LogP contribution is 2.41. The lowest BCUT2D eigenvalue weighted by molar-refractivity contribution is 0.466. The zero-order valence-electron chi connectivity index (χ0n) is 8.69. The van der Waals surface area contributed by atoms with Crippen LogP contribution in [0.5, 0.6) is 5.75 Å². The smallest absolute Gasteiger partial charge is 0.139 e. The molecule has 2 aliphatic heterocycles. The van der Waals surface area contributed by atoms with Gasteiger partial charge in [0.1, 0.15) is 5.75 Å². The van der Waals surface area contributed by atoms with E-state index in [2.05, 4.69) is 11.0 Å². The molecule has 80 valence electrons. The van der Waals surface area contributed by atoms with Crippen molar-refractivity contribution < 1.29 is 5.11 Å². The summed E-state index contributed by atoms with van der Waals surface area (Å²) in [6, 6.07) is 6.60. The molecular weight excluding hydrogens is 188 g/mol. The Morgan fingerprint density at radius 1 is 1.40 bits per heavy atom. The number of phenolic OH excluding ortho intramolecular Hbond substituents is 1. The van der Waals surface area contributed by atoms with Gasteiger partial charge < -0.3 is 15.7 Å². The van der Waals surface area contributed by atoms with E-state index >= 15 is 0 Å². The molecule has 0 amide bonds.